The van der Waals surface area contributed by atoms with Gasteiger partial charge >= 0.3 is 0 Å². The van der Waals surface area contributed by atoms with Crippen molar-refractivity contribution in [3.05, 3.63) is 63.8 Å². The molecule has 0 spiro atoms. The predicted octanol–water partition coefficient (Wildman–Crippen LogP) is 5.33. The first-order valence-electron chi connectivity index (χ1n) is 9.54. The van der Waals surface area contributed by atoms with Gasteiger partial charge in [0, 0.05) is 0 Å². The number of imide groups is 1. The third kappa shape index (κ3) is 5.65. The van der Waals surface area contributed by atoms with Crippen molar-refractivity contribution < 1.29 is 23.5 Å². The van der Waals surface area contributed by atoms with E-state index in [4.69, 9.17) is 16.3 Å². The fraction of sp³-hybridized carbons (Fsp3) is 0.227. The summed E-state index contributed by atoms with van der Waals surface area (Å²) in [6.07, 6.45) is 2.37. The van der Waals surface area contributed by atoms with E-state index in [9.17, 15) is 18.8 Å². The van der Waals surface area contributed by atoms with Gasteiger partial charge in [-0.2, -0.15) is 0 Å². The molecule has 0 aliphatic carbocycles. The number of ether oxygens (including phenoxy) is 1. The number of thioether (sulfide) groups is 1. The summed E-state index contributed by atoms with van der Waals surface area (Å²) in [6, 6.07) is 10.7. The Morgan fingerprint density at radius 3 is 2.71 bits per heavy atom. The molecular weight excluding hydrogens is 443 g/mol. The standard InChI is InChI=1S/C22H20ClFN2O4S/c1-3-13(2)30-18-9-8-14(10-15(18)23)11-19-21(28)26(22(29)31-19)12-20(27)25-17-7-5-4-6-16(17)24/h4-11,13H,3,12H2,1-2H3,(H,25,27)/b19-11-/t13-/m1/s1. The van der Waals surface area contributed by atoms with E-state index in [2.05, 4.69) is 5.32 Å². The van der Waals surface area contributed by atoms with Gasteiger partial charge in [-0.15, -0.1) is 0 Å². The summed E-state index contributed by atoms with van der Waals surface area (Å²) in [5.74, 6) is -1.36. The van der Waals surface area contributed by atoms with Gasteiger partial charge in [0.2, 0.25) is 5.91 Å². The molecule has 0 aromatic heterocycles. The second-order valence-electron chi connectivity index (χ2n) is 6.82. The van der Waals surface area contributed by atoms with E-state index in [0.29, 0.717) is 16.3 Å². The summed E-state index contributed by atoms with van der Waals surface area (Å²) in [5.41, 5.74) is 0.590. The minimum Gasteiger partial charge on any atom is -0.489 e. The Morgan fingerprint density at radius 2 is 2.03 bits per heavy atom. The van der Waals surface area contributed by atoms with Crippen molar-refractivity contribution in [3.63, 3.8) is 0 Å². The van der Waals surface area contributed by atoms with Gasteiger partial charge in [-0.05, 0) is 61.0 Å². The summed E-state index contributed by atoms with van der Waals surface area (Å²) < 4.78 is 19.4. The molecule has 162 valence electrons. The van der Waals surface area contributed by atoms with E-state index in [0.717, 1.165) is 23.1 Å². The number of amides is 3. The van der Waals surface area contributed by atoms with Gasteiger partial charge in [-0.1, -0.05) is 36.7 Å². The average molecular weight is 463 g/mol. The molecule has 1 atom stereocenters. The summed E-state index contributed by atoms with van der Waals surface area (Å²) in [7, 11) is 0. The molecule has 6 nitrogen and oxygen atoms in total. The van der Waals surface area contributed by atoms with Crippen LogP contribution in [0.2, 0.25) is 5.02 Å². The highest BCUT2D eigenvalue weighted by Crippen LogP contribution is 2.34. The Hall–Kier alpha value is -2.84. The first-order chi connectivity index (χ1) is 14.8. The number of hydrogen-bond acceptors (Lipinski definition) is 5. The first kappa shape index (κ1) is 22.8. The van der Waals surface area contributed by atoms with Crippen LogP contribution in [0, 0.1) is 5.82 Å². The molecule has 0 saturated carbocycles. The zero-order valence-electron chi connectivity index (χ0n) is 16.9. The highest BCUT2D eigenvalue weighted by molar-refractivity contribution is 8.18. The summed E-state index contributed by atoms with van der Waals surface area (Å²) in [6.45, 7) is 3.42. The van der Waals surface area contributed by atoms with Crippen LogP contribution in [0.3, 0.4) is 0 Å². The molecule has 1 N–H and O–H groups in total. The summed E-state index contributed by atoms with van der Waals surface area (Å²) in [4.78, 5) is 38.0. The van der Waals surface area contributed by atoms with Crippen LogP contribution in [0.5, 0.6) is 5.75 Å². The van der Waals surface area contributed by atoms with Crippen LogP contribution in [-0.2, 0) is 9.59 Å². The molecule has 2 aromatic rings. The Kier molecular flexibility index (Phi) is 7.35. The largest absolute Gasteiger partial charge is 0.489 e. The molecule has 1 aliphatic heterocycles. The summed E-state index contributed by atoms with van der Waals surface area (Å²) >= 11 is 6.98. The quantitative estimate of drug-likeness (QED) is 0.563. The number of carbonyl (C=O) groups is 3. The highest BCUT2D eigenvalue weighted by atomic mass is 35.5. The molecule has 2 aromatic carbocycles. The van der Waals surface area contributed by atoms with Crippen LogP contribution in [0.1, 0.15) is 25.8 Å². The van der Waals surface area contributed by atoms with Crippen molar-refractivity contribution in [1.29, 1.82) is 0 Å². The number of carbonyl (C=O) groups excluding carboxylic acids is 3. The van der Waals surface area contributed by atoms with Crippen molar-refractivity contribution in [1.82, 2.24) is 4.90 Å². The predicted molar refractivity (Wildman–Crippen MR) is 120 cm³/mol. The normalized spacial score (nSPS) is 16.0. The number of para-hydroxylation sites is 1. The van der Waals surface area contributed by atoms with Crippen molar-refractivity contribution in [2.24, 2.45) is 0 Å². The molecule has 3 amide bonds. The van der Waals surface area contributed by atoms with Crippen LogP contribution in [0.4, 0.5) is 14.9 Å². The smallest absolute Gasteiger partial charge is 0.294 e. The van der Waals surface area contributed by atoms with Crippen LogP contribution >= 0.6 is 23.4 Å². The Bertz CT molecular complexity index is 1060. The fourth-order valence-electron chi connectivity index (χ4n) is 2.69. The minimum atomic E-state index is -0.678. The molecule has 0 radical (unpaired) electrons. The summed E-state index contributed by atoms with van der Waals surface area (Å²) in [5, 5.41) is 2.16. The minimum absolute atomic E-state index is 0.00959. The van der Waals surface area contributed by atoms with E-state index >= 15 is 0 Å². The number of halogens is 2. The van der Waals surface area contributed by atoms with E-state index in [-0.39, 0.29) is 16.7 Å². The molecule has 1 saturated heterocycles. The Morgan fingerprint density at radius 1 is 1.29 bits per heavy atom. The third-order valence-corrected chi connectivity index (χ3v) is 5.68. The number of nitrogens with one attached hydrogen (secondary N) is 1. The average Bonchev–Trinajstić information content (AvgIpc) is 2.99. The molecule has 1 aliphatic rings. The lowest BCUT2D eigenvalue weighted by atomic mass is 10.2. The SMILES string of the molecule is CC[C@@H](C)Oc1ccc(/C=C2\SC(=O)N(CC(=O)Nc3ccccc3F)C2=O)cc1Cl. The van der Waals surface area contributed by atoms with Crippen LogP contribution in [-0.4, -0.2) is 34.6 Å². The van der Waals surface area contributed by atoms with Crippen molar-refractivity contribution in [3.8, 4) is 5.75 Å². The maximum atomic E-state index is 13.7. The number of benzene rings is 2. The van der Waals surface area contributed by atoms with Crippen molar-refractivity contribution >= 4 is 52.2 Å². The van der Waals surface area contributed by atoms with Gasteiger partial charge in [0.15, 0.2) is 0 Å². The first-order valence-corrected chi connectivity index (χ1v) is 10.7. The second kappa shape index (κ2) is 9.98. The van der Waals surface area contributed by atoms with E-state index < -0.39 is 29.4 Å². The molecule has 0 unspecified atom stereocenters. The van der Waals surface area contributed by atoms with E-state index in [1.165, 1.54) is 24.3 Å². The van der Waals surface area contributed by atoms with Crippen molar-refractivity contribution in [2.45, 2.75) is 26.4 Å². The lowest BCUT2D eigenvalue weighted by molar-refractivity contribution is -0.127. The van der Waals surface area contributed by atoms with Crippen LogP contribution in [0.25, 0.3) is 6.08 Å². The molecule has 31 heavy (non-hydrogen) atoms. The molecule has 1 heterocycles. The maximum absolute atomic E-state index is 13.7. The van der Waals surface area contributed by atoms with Gasteiger partial charge in [0.05, 0.1) is 21.7 Å². The number of anilines is 1. The van der Waals surface area contributed by atoms with Crippen molar-refractivity contribution in [2.75, 3.05) is 11.9 Å². The van der Waals surface area contributed by atoms with E-state index in [1.54, 1.807) is 24.3 Å². The van der Waals surface area contributed by atoms with Gasteiger partial charge < -0.3 is 10.1 Å². The van der Waals surface area contributed by atoms with Gasteiger partial charge in [-0.25, -0.2) is 4.39 Å². The maximum Gasteiger partial charge on any atom is 0.294 e. The highest BCUT2D eigenvalue weighted by Gasteiger charge is 2.36. The number of nitrogens with zero attached hydrogens (tertiary/aromatic N) is 1. The topological polar surface area (TPSA) is 75.7 Å². The monoisotopic (exact) mass is 462 g/mol. The number of rotatable bonds is 7. The van der Waals surface area contributed by atoms with Crippen LogP contribution < -0.4 is 10.1 Å². The molecule has 0 bridgehead atoms. The molecule has 9 heteroatoms. The van der Waals surface area contributed by atoms with E-state index in [1.807, 2.05) is 13.8 Å². The zero-order valence-corrected chi connectivity index (χ0v) is 18.4. The van der Waals surface area contributed by atoms with Gasteiger partial charge in [-0.3, -0.25) is 19.3 Å². The second-order valence-corrected chi connectivity index (χ2v) is 8.22. The van der Waals surface area contributed by atoms with Crippen LogP contribution in [0.15, 0.2) is 47.4 Å². The third-order valence-electron chi connectivity index (χ3n) is 4.48. The Labute approximate surface area is 188 Å². The lowest BCUT2D eigenvalue weighted by Crippen LogP contribution is -2.36. The molecule has 3 rings (SSSR count). The fourth-order valence-corrected chi connectivity index (χ4v) is 3.76. The molecular formula is C22H20ClFN2O4S. The molecule has 1 fully saturated rings. The van der Waals surface area contributed by atoms with Gasteiger partial charge in [0.1, 0.15) is 18.1 Å². The lowest BCUT2D eigenvalue weighted by Gasteiger charge is -2.14. The Balaban J connectivity index is 1.69. The zero-order chi connectivity index (χ0) is 22.5. The number of hydrogen-bond donors (Lipinski definition) is 1. The van der Waals surface area contributed by atoms with Gasteiger partial charge in [0.25, 0.3) is 11.1 Å².